The monoisotopic (exact) mass is 344 g/mol. The number of hydrogen-bond acceptors (Lipinski definition) is 6. The first-order valence-corrected chi connectivity index (χ1v) is 9.44. The molecule has 1 unspecified atom stereocenters. The van der Waals surface area contributed by atoms with Crippen molar-refractivity contribution in [2.45, 2.75) is 23.1 Å². The van der Waals surface area contributed by atoms with E-state index in [1.807, 2.05) is 17.5 Å². The number of sulfonamides is 1. The van der Waals surface area contributed by atoms with Crippen molar-refractivity contribution in [3.63, 3.8) is 0 Å². The van der Waals surface area contributed by atoms with Crippen LogP contribution in [0.3, 0.4) is 0 Å². The molecule has 0 aliphatic carbocycles. The molecule has 1 atom stereocenters. The van der Waals surface area contributed by atoms with Crippen LogP contribution < -0.4 is 0 Å². The van der Waals surface area contributed by atoms with E-state index in [2.05, 4.69) is 4.98 Å². The molecule has 9 heteroatoms. The van der Waals surface area contributed by atoms with E-state index in [0.29, 0.717) is 6.54 Å². The zero-order valence-electron chi connectivity index (χ0n) is 10.8. The lowest BCUT2D eigenvalue weighted by Gasteiger charge is -2.22. The summed E-state index contributed by atoms with van der Waals surface area (Å²) in [5.41, 5.74) is 0.865. The number of aromatic carboxylic acids is 1. The molecule has 2 aromatic rings. The maximum absolute atomic E-state index is 12.8. The zero-order chi connectivity index (χ0) is 15.0. The molecule has 0 radical (unpaired) electrons. The van der Waals surface area contributed by atoms with Crippen LogP contribution in [0.4, 0.5) is 0 Å². The van der Waals surface area contributed by atoms with Crippen molar-refractivity contribution >= 4 is 38.7 Å². The Morgan fingerprint density at radius 3 is 2.90 bits per heavy atom. The van der Waals surface area contributed by atoms with Gasteiger partial charge in [0.15, 0.2) is 9.90 Å². The van der Waals surface area contributed by atoms with Crippen LogP contribution >= 0.6 is 22.7 Å². The highest BCUT2D eigenvalue weighted by molar-refractivity contribution is 7.91. The number of rotatable bonds is 4. The van der Waals surface area contributed by atoms with Crippen molar-refractivity contribution in [1.29, 1.82) is 0 Å². The van der Waals surface area contributed by atoms with Gasteiger partial charge >= 0.3 is 5.97 Å². The Morgan fingerprint density at radius 2 is 2.24 bits per heavy atom. The van der Waals surface area contributed by atoms with Gasteiger partial charge < -0.3 is 5.11 Å². The number of thiophene rings is 1. The minimum atomic E-state index is -3.83. The first kappa shape index (κ1) is 14.6. The Balaban J connectivity index is 2.01. The van der Waals surface area contributed by atoms with E-state index in [4.69, 9.17) is 5.11 Å². The Hall–Kier alpha value is -1.29. The van der Waals surface area contributed by atoms with Gasteiger partial charge in [-0.05, 0) is 24.3 Å². The van der Waals surface area contributed by atoms with Gasteiger partial charge in [0.05, 0.1) is 11.6 Å². The van der Waals surface area contributed by atoms with Crippen LogP contribution in [0.15, 0.2) is 27.2 Å². The van der Waals surface area contributed by atoms with Crippen LogP contribution in [0.1, 0.15) is 34.2 Å². The molecule has 21 heavy (non-hydrogen) atoms. The van der Waals surface area contributed by atoms with Gasteiger partial charge in [-0.15, -0.1) is 22.7 Å². The topological polar surface area (TPSA) is 87.6 Å². The van der Waals surface area contributed by atoms with Crippen molar-refractivity contribution in [3.05, 3.63) is 33.6 Å². The minimum Gasteiger partial charge on any atom is -0.476 e. The highest BCUT2D eigenvalue weighted by Gasteiger charge is 2.39. The second-order valence-electron chi connectivity index (χ2n) is 4.58. The zero-order valence-corrected chi connectivity index (χ0v) is 13.2. The fraction of sp³-hybridized carbons (Fsp3) is 0.333. The summed E-state index contributed by atoms with van der Waals surface area (Å²) in [6, 6.07) is 3.59. The first-order valence-electron chi connectivity index (χ1n) is 6.24. The van der Waals surface area contributed by atoms with Gasteiger partial charge in [0.25, 0.3) is 10.0 Å². The number of thiazole rings is 1. The molecule has 1 saturated heterocycles. The molecule has 0 amide bonds. The quantitative estimate of drug-likeness (QED) is 0.920. The lowest BCUT2D eigenvalue weighted by molar-refractivity contribution is 0.0687. The van der Waals surface area contributed by atoms with Crippen LogP contribution in [0.2, 0.25) is 0 Å². The lowest BCUT2D eigenvalue weighted by Crippen LogP contribution is -2.30. The van der Waals surface area contributed by atoms with E-state index in [1.54, 1.807) is 0 Å². The summed E-state index contributed by atoms with van der Waals surface area (Å²) in [5, 5.41) is 11.0. The molecule has 1 fully saturated rings. The molecule has 112 valence electrons. The number of carboxylic acids is 1. The summed E-state index contributed by atoms with van der Waals surface area (Å²) >= 11 is 2.37. The molecule has 3 heterocycles. The van der Waals surface area contributed by atoms with Gasteiger partial charge in [0, 0.05) is 11.4 Å². The van der Waals surface area contributed by atoms with E-state index in [-0.39, 0.29) is 10.3 Å². The maximum Gasteiger partial charge on any atom is 0.356 e. The van der Waals surface area contributed by atoms with Crippen LogP contribution in [0, 0.1) is 0 Å². The molecule has 0 saturated carbocycles. The fourth-order valence-corrected chi connectivity index (χ4v) is 6.33. The van der Waals surface area contributed by atoms with E-state index in [1.165, 1.54) is 21.2 Å². The van der Waals surface area contributed by atoms with E-state index in [0.717, 1.165) is 29.1 Å². The Kier molecular flexibility index (Phi) is 3.82. The maximum atomic E-state index is 12.8. The number of hydrogen-bond donors (Lipinski definition) is 1. The Labute approximate surface area is 129 Å². The highest BCUT2D eigenvalue weighted by Crippen LogP contribution is 2.39. The summed E-state index contributed by atoms with van der Waals surface area (Å²) in [6.07, 6.45) is 1.52. The van der Waals surface area contributed by atoms with Crippen molar-refractivity contribution < 1.29 is 18.3 Å². The second-order valence-corrected chi connectivity index (χ2v) is 8.50. The van der Waals surface area contributed by atoms with Crippen LogP contribution in [0.5, 0.6) is 0 Å². The fourth-order valence-electron chi connectivity index (χ4n) is 2.46. The van der Waals surface area contributed by atoms with Crippen LogP contribution in [-0.2, 0) is 10.0 Å². The van der Waals surface area contributed by atoms with Crippen molar-refractivity contribution in [2.75, 3.05) is 6.54 Å². The molecule has 1 aliphatic heterocycles. The van der Waals surface area contributed by atoms with Gasteiger partial charge in [-0.25, -0.2) is 18.2 Å². The second kappa shape index (κ2) is 5.48. The standard InChI is InChI=1S/C12H12N2O4S3/c15-11(16)10-12(20-7-13-10)21(17,18)14-5-1-3-8(14)9-4-2-6-19-9/h2,4,6-8H,1,3,5H2,(H,15,16). The third-order valence-electron chi connectivity index (χ3n) is 3.36. The lowest BCUT2D eigenvalue weighted by atomic mass is 10.2. The van der Waals surface area contributed by atoms with Crippen LogP contribution in [-0.4, -0.2) is 35.3 Å². The molecule has 0 bridgehead atoms. The minimum absolute atomic E-state index is 0.182. The predicted molar refractivity (Wildman–Crippen MR) is 79.3 cm³/mol. The molecule has 6 nitrogen and oxygen atoms in total. The van der Waals surface area contributed by atoms with Crippen molar-refractivity contribution in [1.82, 2.24) is 9.29 Å². The van der Waals surface area contributed by atoms with E-state index < -0.39 is 21.7 Å². The summed E-state index contributed by atoms with van der Waals surface area (Å²) in [7, 11) is -3.83. The van der Waals surface area contributed by atoms with Gasteiger partial charge in [-0.3, -0.25) is 0 Å². The third-order valence-corrected chi connectivity index (χ3v) is 7.58. The molecular formula is C12H12N2O4S3. The summed E-state index contributed by atoms with van der Waals surface area (Å²) in [6.45, 7) is 0.405. The summed E-state index contributed by atoms with van der Waals surface area (Å²) in [5.74, 6) is -1.32. The van der Waals surface area contributed by atoms with E-state index >= 15 is 0 Å². The van der Waals surface area contributed by atoms with Gasteiger partial charge in [-0.2, -0.15) is 4.31 Å². The average molecular weight is 344 g/mol. The molecular weight excluding hydrogens is 332 g/mol. The summed E-state index contributed by atoms with van der Waals surface area (Å²) < 4.78 is 26.7. The number of aromatic nitrogens is 1. The highest BCUT2D eigenvalue weighted by atomic mass is 32.2. The largest absolute Gasteiger partial charge is 0.476 e. The normalized spacial score (nSPS) is 19.9. The van der Waals surface area contributed by atoms with Crippen molar-refractivity contribution in [3.8, 4) is 0 Å². The molecule has 3 rings (SSSR count). The molecule has 2 aromatic heterocycles. The number of carbonyl (C=O) groups is 1. The van der Waals surface area contributed by atoms with Crippen molar-refractivity contribution in [2.24, 2.45) is 0 Å². The predicted octanol–water partition coefficient (Wildman–Crippen LogP) is 2.43. The Morgan fingerprint density at radius 1 is 1.43 bits per heavy atom. The average Bonchev–Trinajstić information content (AvgIpc) is 3.18. The molecule has 0 aromatic carbocycles. The number of carboxylic acid groups (broad SMARTS) is 1. The number of nitrogens with zero attached hydrogens (tertiary/aromatic N) is 2. The summed E-state index contributed by atoms with van der Waals surface area (Å²) in [4.78, 5) is 15.8. The molecule has 1 aliphatic rings. The van der Waals surface area contributed by atoms with Crippen LogP contribution in [0.25, 0.3) is 0 Å². The SMILES string of the molecule is O=C(O)c1ncsc1S(=O)(=O)N1CCCC1c1cccs1. The Bertz CT molecular complexity index is 751. The van der Waals surface area contributed by atoms with Gasteiger partial charge in [0.2, 0.25) is 0 Å². The third kappa shape index (κ3) is 2.50. The van der Waals surface area contributed by atoms with E-state index in [9.17, 15) is 13.2 Å². The molecule has 0 spiro atoms. The molecule has 1 N–H and O–H groups in total. The first-order chi connectivity index (χ1) is 10.0. The van der Waals surface area contributed by atoms with Gasteiger partial charge in [0.1, 0.15) is 0 Å². The van der Waals surface area contributed by atoms with Gasteiger partial charge in [-0.1, -0.05) is 6.07 Å². The smallest absolute Gasteiger partial charge is 0.356 e.